The van der Waals surface area contributed by atoms with E-state index in [2.05, 4.69) is 4.98 Å². The van der Waals surface area contributed by atoms with E-state index in [1.807, 2.05) is 0 Å². The molecule has 2 atom stereocenters. The lowest BCUT2D eigenvalue weighted by Gasteiger charge is -2.27. The second-order valence-electron chi connectivity index (χ2n) is 7.10. The maximum absolute atomic E-state index is 12.9. The summed E-state index contributed by atoms with van der Waals surface area (Å²) in [6.45, 7) is 0.946. The van der Waals surface area contributed by atoms with Crippen LogP contribution in [0.25, 0.3) is 5.76 Å². The molecule has 2 fully saturated rings. The van der Waals surface area contributed by atoms with E-state index in [0.717, 1.165) is 12.8 Å². The van der Waals surface area contributed by atoms with Gasteiger partial charge in [-0.3, -0.25) is 14.6 Å². The van der Waals surface area contributed by atoms with Gasteiger partial charge in [0.25, 0.3) is 11.7 Å². The van der Waals surface area contributed by atoms with Crippen LogP contribution in [0.1, 0.15) is 30.0 Å². The second kappa shape index (κ2) is 8.05. The number of aliphatic hydroxyl groups excluding tert-OH is 1. The van der Waals surface area contributed by atoms with Gasteiger partial charge >= 0.3 is 0 Å². The summed E-state index contributed by atoms with van der Waals surface area (Å²) in [5.41, 5.74) is 1.17. The average molecular weight is 394 g/mol. The highest BCUT2D eigenvalue weighted by Gasteiger charge is 2.47. The highest BCUT2D eigenvalue weighted by Crippen LogP contribution is 2.39. The van der Waals surface area contributed by atoms with E-state index < -0.39 is 17.7 Å². The van der Waals surface area contributed by atoms with Gasteiger partial charge in [0.15, 0.2) is 0 Å². The van der Waals surface area contributed by atoms with Crippen molar-refractivity contribution < 1.29 is 24.2 Å². The fourth-order valence-corrected chi connectivity index (χ4v) is 3.86. The van der Waals surface area contributed by atoms with Crippen LogP contribution in [-0.4, -0.2) is 53.0 Å². The zero-order chi connectivity index (χ0) is 20.4. The Kier molecular flexibility index (Phi) is 5.31. The van der Waals surface area contributed by atoms with Gasteiger partial charge in [0, 0.05) is 31.1 Å². The summed E-state index contributed by atoms with van der Waals surface area (Å²) in [5, 5.41) is 11.0. The Morgan fingerprint density at radius 3 is 2.69 bits per heavy atom. The van der Waals surface area contributed by atoms with Crippen LogP contribution in [-0.2, 0) is 14.3 Å². The molecule has 0 radical (unpaired) electrons. The Morgan fingerprint density at radius 2 is 2.07 bits per heavy atom. The van der Waals surface area contributed by atoms with Crippen LogP contribution in [0.3, 0.4) is 0 Å². The highest BCUT2D eigenvalue weighted by atomic mass is 16.5. The molecule has 1 aromatic heterocycles. The predicted octanol–water partition coefficient (Wildman–Crippen LogP) is 2.69. The number of hydrogen-bond donors (Lipinski definition) is 1. The minimum absolute atomic E-state index is 0.0613. The molecule has 1 aromatic carbocycles. The first-order valence-corrected chi connectivity index (χ1v) is 9.54. The Labute approximate surface area is 168 Å². The van der Waals surface area contributed by atoms with Crippen molar-refractivity contribution in [3.63, 3.8) is 0 Å². The summed E-state index contributed by atoms with van der Waals surface area (Å²) in [4.78, 5) is 31.4. The Morgan fingerprint density at radius 1 is 1.28 bits per heavy atom. The molecule has 0 saturated carbocycles. The normalized spacial score (nSPS) is 23.6. The standard InChI is InChI=1S/C22H22N2O5/c1-28-16-8-6-14(7-9-16)20(25)18-19(15-4-2-10-23-12-15)24(22(27)21(18)26)13-17-5-3-11-29-17/h2,4,6-10,12,17,19,25H,3,5,11,13H2,1H3. The third-order valence-electron chi connectivity index (χ3n) is 5.33. The van der Waals surface area contributed by atoms with Gasteiger partial charge in [0.2, 0.25) is 0 Å². The van der Waals surface area contributed by atoms with Gasteiger partial charge in [0.1, 0.15) is 11.5 Å². The summed E-state index contributed by atoms with van der Waals surface area (Å²) in [7, 11) is 1.55. The monoisotopic (exact) mass is 394 g/mol. The molecule has 0 aliphatic carbocycles. The number of carbonyl (C=O) groups excluding carboxylic acids is 2. The average Bonchev–Trinajstić information content (AvgIpc) is 3.36. The van der Waals surface area contributed by atoms with Gasteiger partial charge in [-0.25, -0.2) is 0 Å². The van der Waals surface area contributed by atoms with Crippen molar-refractivity contribution in [3.05, 3.63) is 65.5 Å². The quantitative estimate of drug-likeness (QED) is 0.477. The summed E-state index contributed by atoms with van der Waals surface area (Å²) >= 11 is 0. The molecular formula is C22H22N2O5. The van der Waals surface area contributed by atoms with Gasteiger partial charge in [-0.2, -0.15) is 0 Å². The van der Waals surface area contributed by atoms with E-state index in [1.165, 1.54) is 4.90 Å². The van der Waals surface area contributed by atoms with Crippen molar-refractivity contribution >= 4 is 17.4 Å². The van der Waals surface area contributed by atoms with Gasteiger partial charge in [-0.15, -0.1) is 0 Å². The van der Waals surface area contributed by atoms with Gasteiger partial charge in [-0.1, -0.05) is 6.07 Å². The summed E-state index contributed by atoms with van der Waals surface area (Å²) in [5.74, 6) is -0.923. The lowest BCUT2D eigenvalue weighted by atomic mass is 9.96. The molecule has 3 heterocycles. The second-order valence-corrected chi connectivity index (χ2v) is 7.10. The van der Waals surface area contributed by atoms with Crippen molar-refractivity contribution in [1.82, 2.24) is 9.88 Å². The highest BCUT2D eigenvalue weighted by molar-refractivity contribution is 6.46. The number of carbonyl (C=O) groups is 2. The zero-order valence-corrected chi connectivity index (χ0v) is 16.1. The minimum Gasteiger partial charge on any atom is -0.507 e. The van der Waals surface area contributed by atoms with Crippen molar-refractivity contribution in [2.45, 2.75) is 25.0 Å². The number of ketones is 1. The number of rotatable bonds is 5. The zero-order valence-electron chi connectivity index (χ0n) is 16.1. The summed E-state index contributed by atoms with van der Waals surface area (Å²) < 4.78 is 10.8. The molecule has 2 aliphatic rings. The van der Waals surface area contributed by atoms with Crippen LogP contribution >= 0.6 is 0 Å². The Hall–Kier alpha value is -3.19. The summed E-state index contributed by atoms with van der Waals surface area (Å²) in [6, 6.07) is 9.52. The van der Waals surface area contributed by atoms with Crippen molar-refractivity contribution in [3.8, 4) is 5.75 Å². The van der Waals surface area contributed by atoms with Crippen LogP contribution in [0.4, 0.5) is 0 Å². The molecule has 1 N–H and O–H groups in total. The molecule has 29 heavy (non-hydrogen) atoms. The maximum atomic E-state index is 12.9. The number of benzene rings is 1. The number of aliphatic hydroxyl groups is 1. The first-order valence-electron chi connectivity index (χ1n) is 9.54. The number of pyridine rings is 1. The molecule has 2 saturated heterocycles. The van der Waals surface area contributed by atoms with Crippen LogP contribution in [0.5, 0.6) is 5.75 Å². The first-order chi connectivity index (χ1) is 14.1. The van der Waals surface area contributed by atoms with E-state index in [1.54, 1.807) is 55.9 Å². The lowest BCUT2D eigenvalue weighted by molar-refractivity contribution is -0.140. The van der Waals surface area contributed by atoms with Crippen molar-refractivity contribution in [1.29, 1.82) is 0 Å². The Balaban J connectivity index is 1.79. The van der Waals surface area contributed by atoms with E-state index in [-0.39, 0.29) is 17.4 Å². The smallest absolute Gasteiger partial charge is 0.295 e. The number of ether oxygens (including phenoxy) is 2. The molecule has 0 spiro atoms. The lowest BCUT2D eigenvalue weighted by Crippen LogP contribution is -2.36. The van der Waals surface area contributed by atoms with Crippen LogP contribution in [0.2, 0.25) is 0 Å². The third-order valence-corrected chi connectivity index (χ3v) is 5.33. The van der Waals surface area contributed by atoms with Crippen LogP contribution in [0, 0.1) is 0 Å². The number of aromatic nitrogens is 1. The maximum Gasteiger partial charge on any atom is 0.295 e. The fourth-order valence-electron chi connectivity index (χ4n) is 3.86. The number of nitrogens with zero attached hydrogens (tertiary/aromatic N) is 2. The number of hydrogen-bond acceptors (Lipinski definition) is 6. The van der Waals surface area contributed by atoms with E-state index >= 15 is 0 Å². The number of Topliss-reactive ketones (excluding diaryl/α,β-unsaturated/α-hetero) is 1. The SMILES string of the molecule is COc1ccc(C(O)=C2C(=O)C(=O)N(CC3CCCO3)C2c2cccnc2)cc1. The van der Waals surface area contributed by atoms with Gasteiger partial charge in [0.05, 0.1) is 24.8 Å². The van der Waals surface area contributed by atoms with Crippen LogP contribution in [0.15, 0.2) is 54.4 Å². The number of amides is 1. The first kappa shape index (κ1) is 19.1. The Bertz CT molecular complexity index is 933. The van der Waals surface area contributed by atoms with E-state index in [0.29, 0.717) is 30.0 Å². The molecule has 2 aliphatic heterocycles. The molecule has 2 unspecified atom stereocenters. The number of methoxy groups -OCH3 is 1. The van der Waals surface area contributed by atoms with Crippen molar-refractivity contribution in [2.75, 3.05) is 20.3 Å². The molecule has 150 valence electrons. The molecule has 2 aromatic rings. The largest absolute Gasteiger partial charge is 0.507 e. The van der Waals surface area contributed by atoms with E-state index in [4.69, 9.17) is 9.47 Å². The molecule has 7 heteroatoms. The predicted molar refractivity (Wildman–Crippen MR) is 105 cm³/mol. The summed E-state index contributed by atoms with van der Waals surface area (Å²) in [6.07, 6.45) is 4.88. The molecular weight excluding hydrogens is 372 g/mol. The molecule has 7 nitrogen and oxygen atoms in total. The molecule has 1 amide bonds. The molecule has 0 bridgehead atoms. The van der Waals surface area contributed by atoms with E-state index in [9.17, 15) is 14.7 Å². The van der Waals surface area contributed by atoms with Gasteiger partial charge in [-0.05, 0) is 48.7 Å². The van der Waals surface area contributed by atoms with Crippen LogP contribution < -0.4 is 4.74 Å². The minimum atomic E-state index is -0.713. The van der Waals surface area contributed by atoms with Crippen molar-refractivity contribution in [2.24, 2.45) is 0 Å². The fraction of sp³-hybridized carbons (Fsp3) is 0.318. The third kappa shape index (κ3) is 3.61. The number of likely N-dealkylation sites (tertiary alicyclic amines) is 1. The topological polar surface area (TPSA) is 89.0 Å². The van der Waals surface area contributed by atoms with Gasteiger partial charge < -0.3 is 19.5 Å². The molecule has 4 rings (SSSR count).